The molecule has 2 rings (SSSR count). The Balaban J connectivity index is 0.000000219. The first-order valence-electron chi connectivity index (χ1n) is 6.89. The van der Waals surface area contributed by atoms with E-state index in [1.54, 1.807) is 0 Å². The minimum atomic E-state index is -0.959. The Morgan fingerprint density at radius 2 is 2.10 bits per heavy atom. The van der Waals surface area contributed by atoms with Crippen LogP contribution in [0.3, 0.4) is 0 Å². The molecular weight excluding hydrogens is 266 g/mol. The highest BCUT2D eigenvalue weighted by molar-refractivity contribution is 5.73. The van der Waals surface area contributed by atoms with Gasteiger partial charge in [-0.25, -0.2) is 0 Å². The largest absolute Gasteiger partial charge is 0.480 e. The van der Waals surface area contributed by atoms with Gasteiger partial charge in [0.2, 0.25) is 0 Å². The quantitative estimate of drug-likeness (QED) is 0.865. The first-order chi connectivity index (χ1) is 10.1. The fraction of sp³-hybridized carbons (Fsp3) is 0.312. The van der Waals surface area contributed by atoms with E-state index >= 15 is 0 Å². The normalized spacial score (nSPS) is 14.4. The fourth-order valence-corrected chi connectivity index (χ4v) is 1.76. The van der Waals surface area contributed by atoms with E-state index in [4.69, 9.17) is 10.8 Å². The Labute approximate surface area is 126 Å². The molecule has 1 heterocycles. The van der Waals surface area contributed by atoms with Crippen molar-refractivity contribution < 1.29 is 9.90 Å². The molecule has 1 aliphatic rings. The van der Waals surface area contributed by atoms with E-state index in [1.165, 1.54) is 0 Å². The van der Waals surface area contributed by atoms with Crippen molar-refractivity contribution in [2.75, 3.05) is 13.2 Å². The second-order valence-electron chi connectivity index (χ2n) is 4.68. The lowest BCUT2D eigenvalue weighted by atomic mass is 10.1. The Kier molecular flexibility index (Phi) is 7.04. The van der Waals surface area contributed by atoms with Gasteiger partial charge < -0.3 is 20.6 Å². The molecule has 0 fully saturated rings. The van der Waals surface area contributed by atoms with E-state index in [0.29, 0.717) is 6.42 Å². The van der Waals surface area contributed by atoms with Crippen molar-refractivity contribution in [1.82, 2.24) is 9.80 Å². The van der Waals surface area contributed by atoms with Crippen LogP contribution in [0, 0.1) is 0 Å². The second-order valence-corrected chi connectivity index (χ2v) is 4.68. The molecule has 0 amide bonds. The molecule has 0 aromatic heterocycles. The van der Waals surface area contributed by atoms with Crippen molar-refractivity contribution in [2.24, 2.45) is 5.73 Å². The van der Waals surface area contributed by atoms with Crippen LogP contribution in [0.5, 0.6) is 0 Å². The molecular formula is C16H23N3O2. The molecule has 0 aliphatic carbocycles. The second kappa shape index (κ2) is 8.81. The zero-order chi connectivity index (χ0) is 15.7. The monoisotopic (exact) mass is 289 g/mol. The number of carboxylic acid groups (broad SMARTS) is 1. The van der Waals surface area contributed by atoms with Crippen LogP contribution in [0.25, 0.3) is 0 Å². The van der Waals surface area contributed by atoms with Crippen LogP contribution in [0.15, 0.2) is 55.5 Å². The topological polar surface area (TPSA) is 69.8 Å². The van der Waals surface area contributed by atoms with Gasteiger partial charge in [0.25, 0.3) is 0 Å². The average molecular weight is 289 g/mol. The Bertz CT molecular complexity index is 474. The van der Waals surface area contributed by atoms with Crippen LogP contribution in [0.1, 0.15) is 12.5 Å². The highest BCUT2D eigenvalue weighted by Gasteiger charge is 2.10. The molecule has 0 saturated carbocycles. The van der Waals surface area contributed by atoms with E-state index in [9.17, 15) is 4.79 Å². The van der Waals surface area contributed by atoms with Crippen LogP contribution >= 0.6 is 0 Å². The number of hydrogen-bond acceptors (Lipinski definition) is 4. The summed E-state index contributed by atoms with van der Waals surface area (Å²) in [5, 5.41) is 8.52. The van der Waals surface area contributed by atoms with Gasteiger partial charge in [-0.05, 0) is 25.1 Å². The molecule has 0 spiro atoms. The number of nitrogens with zero attached hydrogens (tertiary/aromatic N) is 2. The molecule has 3 N–H and O–H groups in total. The van der Waals surface area contributed by atoms with Gasteiger partial charge in [-0.3, -0.25) is 4.79 Å². The molecule has 21 heavy (non-hydrogen) atoms. The third-order valence-corrected chi connectivity index (χ3v) is 3.07. The summed E-state index contributed by atoms with van der Waals surface area (Å²) in [6, 6.07) is 8.54. The molecule has 5 nitrogen and oxygen atoms in total. The van der Waals surface area contributed by atoms with Gasteiger partial charge in [0, 0.05) is 18.9 Å². The number of rotatable bonds is 5. The van der Waals surface area contributed by atoms with Crippen molar-refractivity contribution in [3.05, 3.63) is 61.1 Å². The van der Waals surface area contributed by atoms with E-state index in [-0.39, 0.29) is 0 Å². The SMILES string of the molecule is C=CN1C=CN(CC)C1.N[C@@H](Cc1ccccc1)C(=O)O. The standard InChI is InChI=1S/C9H11NO2.C7H12N2/c10-8(9(11)12)6-7-4-2-1-3-5-7;1-3-8-5-6-9(4-2)7-8/h1-5,8H,6,10H2,(H,11,12);3,5-6H,1,4,7H2,2H3/t8-;/m0./s1. The van der Waals surface area contributed by atoms with Gasteiger partial charge in [0.05, 0.1) is 6.67 Å². The third kappa shape index (κ3) is 6.14. The number of aliphatic carboxylic acids is 1. The summed E-state index contributed by atoms with van der Waals surface area (Å²) in [6.07, 6.45) is 6.31. The van der Waals surface area contributed by atoms with Crippen LogP contribution < -0.4 is 5.73 Å². The van der Waals surface area contributed by atoms with Crippen LogP contribution in [0.4, 0.5) is 0 Å². The van der Waals surface area contributed by atoms with E-state index in [2.05, 4.69) is 24.6 Å². The number of nitrogens with two attached hydrogens (primary N) is 1. The maximum absolute atomic E-state index is 10.4. The number of carbonyl (C=O) groups is 1. The lowest BCUT2D eigenvalue weighted by molar-refractivity contribution is -0.138. The summed E-state index contributed by atoms with van der Waals surface area (Å²) in [4.78, 5) is 14.6. The first kappa shape index (κ1) is 16.8. The molecule has 1 atom stereocenters. The number of hydrogen-bond donors (Lipinski definition) is 2. The lowest BCUT2D eigenvalue weighted by Gasteiger charge is -2.15. The van der Waals surface area contributed by atoms with E-state index in [1.807, 2.05) is 47.6 Å². The molecule has 1 aromatic rings. The zero-order valence-electron chi connectivity index (χ0n) is 12.4. The first-order valence-corrected chi connectivity index (χ1v) is 6.89. The molecule has 5 heteroatoms. The highest BCUT2D eigenvalue weighted by atomic mass is 16.4. The van der Waals surface area contributed by atoms with Crippen LogP contribution in [0.2, 0.25) is 0 Å². The summed E-state index contributed by atoms with van der Waals surface area (Å²) in [7, 11) is 0. The summed E-state index contributed by atoms with van der Waals surface area (Å²) >= 11 is 0. The molecule has 0 saturated heterocycles. The Morgan fingerprint density at radius 1 is 1.43 bits per heavy atom. The molecule has 1 aromatic carbocycles. The van der Waals surface area contributed by atoms with Crippen molar-refractivity contribution in [1.29, 1.82) is 0 Å². The van der Waals surface area contributed by atoms with E-state index in [0.717, 1.165) is 18.8 Å². The molecule has 0 bridgehead atoms. The van der Waals surface area contributed by atoms with Gasteiger partial charge in [0.15, 0.2) is 0 Å². The smallest absolute Gasteiger partial charge is 0.320 e. The summed E-state index contributed by atoms with van der Waals surface area (Å²) < 4.78 is 0. The number of carboxylic acids is 1. The summed E-state index contributed by atoms with van der Waals surface area (Å²) in [5.41, 5.74) is 6.30. The van der Waals surface area contributed by atoms with Gasteiger partial charge in [-0.1, -0.05) is 36.9 Å². The molecule has 114 valence electrons. The van der Waals surface area contributed by atoms with Crippen molar-refractivity contribution in [2.45, 2.75) is 19.4 Å². The van der Waals surface area contributed by atoms with E-state index < -0.39 is 12.0 Å². The molecule has 1 aliphatic heterocycles. The lowest BCUT2D eigenvalue weighted by Crippen LogP contribution is -2.32. The van der Waals surface area contributed by atoms with Crippen molar-refractivity contribution >= 4 is 5.97 Å². The van der Waals surface area contributed by atoms with Crippen molar-refractivity contribution in [3.63, 3.8) is 0 Å². The summed E-state index contributed by atoms with van der Waals surface area (Å²) in [6.45, 7) is 7.82. The molecule has 0 radical (unpaired) electrons. The number of benzene rings is 1. The highest BCUT2D eigenvalue weighted by Crippen LogP contribution is 2.04. The van der Waals surface area contributed by atoms with Gasteiger partial charge in [0.1, 0.15) is 6.04 Å². The van der Waals surface area contributed by atoms with Gasteiger partial charge in [-0.2, -0.15) is 0 Å². The van der Waals surface area contributed by atoms with Crippen LogP contribution in [-0.4, -0.2) is 40.1 Å². The predicted octanol–water partition coefficient (Wildman–Crippen LogP) is 1.84. The summed E-state index contributed by atoms with van der Waals surface area (Å²) in [5.74, 6) is -0.959. The maximum atomic E-state index is 10.4. The van der Waals surface area contributed by atoms with Crippen LogP contribution in [-0.2, 0) is 11.2 Å². The van der Waals surface area contributed by atoms with Gasteiger partial charge >= 0.3 is 5.97 Å². The average Bonchev–Trinajstić information content (AvgIpc) is 2.97. The Morgan fingerprint density at radius 3 is 2.52 bits per heavy atom. The third-order valence-electron chi connectivity index (χ3n) is 3.07. The minimum absolute atomic E-state index is 0.385. The van der Waals surface area contributed by atoms with Gasteiger partial charge in [-0.15, -0.1) is 0 Å². The molecule has 0 unspecified atom stereocenters. The predicted molar refractivity (Wildman–Crippen MR) is 84.2 cm³/mol. The minimum Gasteiger partial charge on any atom is -0.480 e. The van der Waals surface area contributed by atoms with Crippen molar-refractivity contribution in [3.8, 4) is 0 Å². The zero-order valence-corrected chi connectivity index (χ0v) is 12.4. The maximum Gasteiger partial charge on any atom is 0.320 e. The Hall–Kier alpha value is -2.27. The fourth-order valence-electron chi connectivity index (χ4n) is 1.76.